The number of ether oxygens (including phenoxy) is 1. The molecule has 1 fully saturated rings. The van der Waals surface area contributed by atoms with Crippen LogP contribution in [0.5, 0.6) is 0 Å². The van der Waals surface area contributed by atoms with Gasteiger partial charge in [0.2, 0.25) is 0 Å². The Morgan fingerprint density at radius 3 is 2.94 bits per heavy atom. The summed E-state index contributed by atoms with van der Waals surface area (Å²) in [5.74, 6) is 2.13. The van der Waals surface area contributed by atoms with E-state index in [1.807, 2.05) is 0 Å². The number of aryl methyl sites for hydroxylation is 1. The number of nitro groups is 1. The predicted molar refractivity (Wildman–Crippen MR) is 126 cm³/mol. The molecule has 2 aliphatic rings. The van der Waals surface area contributed by atoms with Gasteiger partial charge in [-0.1, -0.05) is 6.92 Å². The van der Waals surface area contributed by atoms with Crippen molar-refractivity contribution in [3.63, 3.8) is 0 Å². The average Bonchev–Trinajstić information content (AvgIpc) is 3.39. The minimum absolute atomic E-state index is 0.0456. The van der Waals surface area contributed by atoms with Crippen LogP contribution in [0.1, 0.15) is 29.6 Å². The molecule has 0 amide bonds. The first kappa shape index (κ1) is 20.6. The van der Waals surface area contributed by atoms with Gasteiger partial charge >= 0.3 is 0 Å². The highest BCUT2D eigenvalue weighted by atomic mass is 32.1. The van der Waals surface area contributed by atoms with E-state index in [0.717, 1.165) is 59.6 Å². The summed E-state index contributed by atoms with van der Waals surface area (Å²) in [6.45, 7) is 6.08. The van der Waals surface area contributed by atoms with Crippen molar-refractivity contribution in [1.29, 1.82) is 0 Å². The molecule has 10 heteroatoms. The van der Waals surface area contributed by atoms with Crippen LogP contribution in [0.25, 0.3) is 26.9 Å². The Morgan fingerprint density at radius 1 is 1.27 bits per heavy atom. The molecule has 1 saturated heterocycles. The monoisotopic (exact) mass is 464 g/mol. The van der Waals surface area contributed by atoms with E-state index < -0.39 is 0 Å². The summed E-state index contributed by atoms with van der Waals surface area (Å²) in [5, 5.41) is 17.9. The molecule has 1 aliphatic carbocycles. The molecule has 0 unspecified atom stereocenters. The number of thiophene rings is 1. The molecule has 3 aromatic heterocycles. The number of hydrogen-bond donors (Lipinski definition) is 0. The van der Waals surface area contributed by atoms with Crippen molar-refractivity contribution in [3.05, 3.63) is 50.8 Å². The summed E-state index contributed by atoms with van der Waals surface area (Å²) >= 11 is 1.76. The fourth-order valence-electron chi connectivity index (χ4n) is 4.84. The summed E-state index contributed by atoms with van der Waals surface area (Å²) in [5.41, 5.74) is 2.05. The van der Waals surface area contributed by atoms with E-state index in [-0.39, 0.29) is 10.6 Å². The molecular weight excluding hydrogens is 440 g/mol. The lowest BCUT2D eigenvalue weighted by molar-refractivity contribution is -0.384. The van der Waals surface area contributed by atoms with Crippen molar-refractivity contribution in [2.75, 3.05) is 26.3 Å². The number of morpholine rings is 1. The molecule has 0 spiro atoms. The third-order valence-corrected chi connectivity index (χ3v) is 7.77. The van der Waals surface area contributed by atoms with Gasteiger partial charge in [-0.2, -0.15) is 5.10 Å². The van der Waals surface area contributed by atoms with Crippen LogP contribution in [-0.2, 0) is 24.1 Å². The van der Waals surface area contributed by atoms with Crippen LogP contribution in [0.3, 0.4) is 0 Å². The van der Waals surface area contributed by atoms with Gasteiger partial charge in [0.1, 0.15) is 10.7 Å². The average molecular weight is 465 g/mol. The fraction of sp³-hybridized carbons (Fsp3) is 0.435. The van der Waals surface area contributed by atoms with Gasteiger partial charge in [0.05, 0.1) is 41.8 Å². The van der Waals surface area contributed by atoms with Crippen molar-refractivity contribution in [2.45, 2.75) is 32.7 Å². The molecule has 9 nitrogen and oxygen atoms in total. The number of non-ortho nitro benzene ring substituents is 1. The van der Waals surface area contributed by atoms with Crippen LogP contribution >= 0.6 is 11.3 Å². The Kier molecular flexibility index (Phi) is 5.08. The molecule has 1 aliphatic heterocycles. The van der Waals surface area contributed by atoms with E-state index in [1.54, 1.807) is 34.3 Å². The second-order valence-corrected chi connectivity index (χ2v) is 10.0. The van der Waals surface area contributed by atoms with E-state index in [0.29, 0.717) is 31.2 Å². The number of nitro benzene ring substituents is 1. The predicted octanol–water partition coefficient (Wildman–Crippen LogP) is 3.90. The molecule has 4 heterocycles. The zero-order valence-corrected chi connectivity index (χ0v) is 19.2. The van der Waals surface area contributed by atoms with Crippen molar-refractivity contribution in [1.82, 2.24) is 24.6 Å². The van der Waals surface area contributed by atoms with Crippen LogP contribution in [0.2, 0.25) is 0 Å². The zero-order valence-electron chi connectivity index (χ0n) is 18.4. The van der Waals surface area contributed by atoms with Crippen LogP contribution in [-0.4, -0.2) is 55.9 Å². The minimum Gasteiger partial charge on any atom is -0.379 e. The summed E-state index contributed by atoms with van der Waals surface area (Å²) in [6, 6.07) is 4.84. The van der Waals surface area contributed by atoms with Gasteiger partial charge in [-0.05, 0) is 36.8 Å². The lowest BCUT2D eigenvalue weighted by atomic mass is 9.89. The normalized spacial score (nSPS) is 19.2. The fourth-order valence-corrected chi connectivity index (χ4v) is 6.23. The molecule has 0 N–H and O–H groups in total. The van der Waals surface area contributed by atoms with Crippen LogP contribution in [0, 0.1) is 16.0 Å². The summed E-state index contributed by atoms with van der Waals surface area (Å²) < 4.78 is 7.25. The van der Waals surface area contributed by atoms with Crippen molar-refractivity contribution in [2.24, 2.45) is 5.92 Å². The quantitative estimate of drug-likeness (QED) is 0.334. The molecule has 4 aromatic rings. The first-order valence-electron chi connectivity index (χ1n) is 11.3. The lowest BCUT2D eigenvalue weighted by Crippen LogP contribution is -2.36. The Labute approximate surface area is 194 Å². The van der Waals surface area contributed by atoms with Gasteiger partial charge in [0.15, 0.2) is 5.82 Å². The second kappa shape index (κ2) is 8.12. The SMILES string of the molecule is C[C@@H]1CCc2c(sc3nc(CN4CCOCC4)nc(-n4ncc5ccc([N+](=O)[O-])cc54)c23)C1. The number of benzene rings is 1. The maximum absolute atomic E-state index is 11.4. The molecule has 1 aromatic carbocycles. The lowest BCUT2D eigenvalue weighted by Gasteiger charge is -2.25. The Bertz CT molecular complexity index is 1370. The van der Waals surface area contributed by atoms with E-state index in [4.69, 9.17) is 14.7 Å². The number of aromatic nitrogens is 4. The van der Waals surface area contributed by atoms with Gasteiger partial charge in [-0.25, -0.2) is 14.6 Å². The van der Waals surface area contributed by atoms with Gasteiger partial charge < -0.3 is 4.74 Å². The first-order chi connectivity index (χ1) is 16.1. The Balaban J connectivity index is 1.55. The molecule has 170 valence electrons. The topological polar surface area (TPSA) is 99.2 Å². The van der Waals surface area contributed by atoms with Gasteiger partial charge in [-0.3, -0.25) is 15.0 Å². The van der Waals surface area contributed by atoms with Gasteiger partial charge in [-0.15, -0.1) is 11.3 Å². The van der Waals surface area contributed by atoms with E-state index in [2.05, 4.69) is 16.9 Å². The summed E-state index contributed by atoms with van der Waals surface area (Å²) in [7, 11) is 0. The third kappa shape index (κ3) is 3.68. The van der Waals surface area contributed by atoms with Crippen molar-refractivity contribution < 1.29 is 9.66 Å². The highest BCUT2D eigenvalue weighted by molar-refractivity contribution is 7.18. The minimum atomic E-state index is -0.371. The maximum Gasteiger partial charge on any atom is 0.271 e. The van der Waals surface area contributed by atoms with Gasteiger partial charge in [0.25, 0.3) is 5.69 Å². The Hall–Kier alpha value is -2.95. The molecule has 1 atom stereocenters. The van der Waals surface area contributed by atoms with Gasteiger partial charge in [0, 0.05) is 35.5 Å². The molecular formula is C23H24N6O3S. The van der Waals surface area contributed by atoms with Crippen LogP contribution in [0.15, 0.2) is 24.4 Å². The summed E-state index contributed by atoms with van der Waals surface area (Å²) in [6.07, 6.45) is 4.93. The number of nitrogens with zero attached hydrogens (tertiary/aromatic N) is 6. The number of hydrogen-bond acceptors (Lipinski definition) is 8. The zero-order chi connectivity index (χ0) is 22.5. The molecule has 0 saturated carbocycles. The Morgan fingerprint density at radius 2 is 2.12 bits per heavy atom. The van der Waals surface area contributed by atoms with E-state index in [9.17, 15) is 10.1 Å². The van der Waals surface area contributed by atoms with E-state index in [1.165, 1.54) is 16.5 Å². The highest BCUT2D eigenvalue weighted by Crippen LogP contribution is 2.40. The van der Waals surface area contributed by atoms with Crippen molar-refractivity contribution >= 4 is 38.1 Å². The number of fused-ring (bicyclic) bond motifs is 4. The molecule has 0 bridgehead atoms. The third-order valence-electron chi connectivity index (χ3n) is 6.62. The summed E-state index contributed by atoms with van der Waals surface area (Å²) in [4.78, 5) is 25.7. The largest absolute Gasteiger partial charge is 0.379 e. The molecule has 0 radical (unpaired) electrons. The van der Waals surface area contributed by atoms with Crippen molar-refractivity contribution in [3.8, 4) is 5.82 Å². The second-order valence-electron chi connectivity index (χ2n) is 8.94. The standard InChI is InChI=1S/C23H24N6O3S/c1-14-2-5-17-19(10-14)33-23-21(17)22(25-20(26-23)13-27-6-8-32-9-7-27)28-18-11-16(29(30)31)4-3-15(18)12-24-28/h3-4,11-12,14H,2,5-10,13H2,1H3/t14-/m1/s1. The highest BCUT2D eigenvalue weighted by Gasteiger charge is 2.26. The van der Waals surface area contributed by atoms with Crippen LogP contribution in [0.4, 0.5) is 5.69 Å². The van der Waals surface area contributed by atoms with Crippen LogP contribution < -0.4 is 0 Å². The first-order valence-corrected chi connectivity index (χ1v) is 12.1. The smallest absolute Gasteiger partial charge is 0.271 e. The maximum atomic E-state index is 11.4. The molecule has 33 heavy (non-hydrogen) atoms. The van der Waals surface area contributed by atoms with E-state index >= 15 is 0 Å². The number of rotatable bonds is 4. The molecule has 6 rings (SSSR count).